The quantitative estimate of drug-likeness (QED) is 0.0436. The van der Waals surface area contributed by atoms with Crippen molar-refractivity contribution in [3.05, 3.63) is 24.3 Å². The lowest BCUT2D eigenvalue weighted by molar-refractivity contribution is -0.147. The number of ether oxygens (including phenoxy) is 1. The SMILES string of the molecule is CCC/C=C\C/C=C\CCCCCCCC(=O)NCCOP(=O)(O)OCC(O)COC(=O)CCCCCCC. The molecule has 0 saturated carbocycles. The highest BCUT2D eigenvalue weighted by Gasteiger charge is 2.23. The molecule has 0 radical (unpaired) electrons. The third-order valence-corrected chi connectivity index (χ3v) is 6.85. The molecule has 228 valence electrons. The van der Waals surface area contributed by atoms with Crippen LogP contribution in [-0.4, -0.2) is 54.3 Å². The Morgan fingerprint density at radius 3 is 2.15 bits per heavy atom. The Labute approximate surface area is 236 Å². The number of carbonyl (C=O) groups is 2. The first-order valence-corrected chi connectivity index (χ1v) is 16.3. The second-order valence-corrected chi connectivity index (χ2v) is 11.2. The maximum Gasteiger partial charge on any atom is 0.472 e. The van der Waals surface area contributed by atoms with Crippen LogP contribution in [0.1, 0.15) is 117 Å². The number of rotatable bonds is 27. The largest absolute Gasteiger partial charge is 0.472 e. The van der Waals surface area contributed by atoms with Gasteiger partial charge in [-0.3, -0.25) is 18.6 Å². The van der Waals surface area contributed by atoms with Crippen molar-refractivity contribution in [2.24, 2.45) is 0 Å². The minimum absolute atomic E-state index is 0.0745. The minimum Gasteiger partial charge on any atom is -0.463 e. The summed E-state index contributed by atoms with van der Waals surface area (Å²) in [5.74, 6) is -0.548. The summed E-state index contributed by atoms with van der Waals surface area (Å²) >= 11 is 0. The van der Waals surface area contributed by atoms with Crippen molar-refractivity contribution in [3.8, 4) is 0 Å². The van der Waals surface area contributed by atoms with Crippen molar-refractivity contribution in [2.45, 2.75) is 123 Å². The molecule has 2 unspecified atom stereocenters. The number of esters is 1. The number of aliphatic hydroxyl groups excluding tert-OH is 1. The molecule has 0 aliphatic heterocycles. The molecular formula is C29H54NO8P. The van der Waals surface area contributed by atoms with Crippen LogP contribution in [0, 0.1) is 0 Å². The van der Waals surface area contributed by atoms with E-state index in [1.165, 1.54) is 6.42 Å². The standard InChI is InChI=1S/C29H54NO8P/c1-3-5-7-9-10-11-12-13-14-15-16-18-19-21-28(32)30-23-24-37-39(34,35)38-26-27(31)25-36-29(33)22-20-17-8-6-4-2/h7,9,11-12,27,31H,3-6,8,10,13-26H2,1-2H3,(H,30,32)(H,34,35)/b9-7-,12-11-. The molecule has 0 aliphatic rings. The number of phosphoric ester groups is 1. The topological polar surface area (TPSA) is 131 Å². The Morgan fingerprint density at radius 2 is 1.44 bits per heavy atom. The van der Waals surface area contributed by atoms with Gasteiger partial charge in [0.1, 0.15) is 12.7 Å². The highest BCUT2D eigenvalue weighted by Crippen LogP contribution is 2.42. The van der Waals surface area contributed by atoms with Gasteiger partial charge in [-0.25, -0.2) is 4.57 Å². The van der Waals surface area contributed by atoms with Crippen LogP contribution in [-0.2, 0) is 27.9 Å². The van der Waals surface area contributed by atoms with Crippen molar-refractivity contribution in [2.75, 3.05) is 26.4 Å². The number of phosphoric acid groups is 1. The summed E-state index contributed by atoms with van der Waals surface area (Å²) in [6.45, 7) is 3.32. The van der Waals surface area contributed by atoms with E-state index < -0.39 is 26.5 Å². The van der Waals surface area contributed by atoms with E-state index in [2.05, 4.69) is 43.5 Å². The molecule has 1 amide bonds. The summed E-state index contributed by atoms with van der Waals surface area (Å²) in [5.41, 5.74) is 0. The number of unbranched alkanes of at least 4 members (excludes halogenated alkanes) is 10. The molecule has 0 heterocycles. The number of nitrogens with one attached hydrogen (secondary N) is 1. The molecule has 9 nitrogen and oxygen atoms in total. The molecule has 0 aromatic rings. The fourth-order valence-electron chi connectivity index (χ4n) is 3.59. The van der Waals surface area contributed by atoms with Crippen LogP contribution in [0.2, 0.25) is 0 Å². The average molecular weight is 576 g/mol. The Morgan fingerprint density at radius 1 is 0.795 bits per heavy atom. The van der Waals surface area contributed by atoms with Gasteiger partial charge in [-0.05, 0) is 38.5 Å². The average Bonchev–Trinajstić information content (AvgIpc) is 2.91. The van der Waals surface area contributed by atoms with Crippen LogP contribution in [0.25, 0.3) is 0 Å². The number of allylic oxidation sites excluding steroid dienone is 4. The number of hydrogen-bond acceptors (Lipinski definition) is 7. The van der Waals surface area contributed by atoms with Crippen molar-refractivity contribution >= 4 is 19.7 Å². The van der Waals surface area contributed by atoms with Crippen LogP contribution in [0.15, 0.2) is 24.3 Å². The second-order valence-electron chi connectivity index (χ2n) is 9.72. The summed E-state index contributed by atoms with van der Waals surface area (Å²) in [7, 11) is -4.39. The lowest BCUT2D eigenvalue weighted by Crippen LogP contribution is -2.27. The third-order valence-electron chi connectivity index (χ3n) is 5.87. The summed E-state index contributed by atoms with van der Waals surface area (Å²) < 4.78 is 26.4. The fraction of sp³-hybridized carbons (Fsp3) is 0.793. The van der Waals surface area contributed by atoms with Gasteiger partial charge >= 0.3 is 13.8 Å². The first-order valence-electron chi connectivity index (χ1n) is 14.8. The van der Waals surface area contributed by atoms with E-state index in [-0.39, 0.29) is 32.1 Å². The molecule has 0 fully saturated rings. The highest BCUT2D eigenvalue weighted by molar-refractivity contribution is 7.47. The van der Waals surface area contributed by atoms with Crippen molar-refractivity contribution in [1.82, 2.24) is 5.32 Å². The van der Waals surface area contributed by atoms with Crippen LogP contribution < -0.4 is 5.32 Å². The van der Waals surface area contributed by atoms with Crippen LogP contribution >= 0.6 is 7.82 Å². The first kappa shape index (κ1) is 37.5. The van der Waals surface area contributed by atoms with Gasteiger partial charge in [0.25, 0.3) is 0 Å². The number of carbonyl (C=O) groups excluding carboxylic acids is 2. The minimum atomic E-state index is -4.39. The molecule has 0 bridgehead atoms. The molecule has 2 atom stereocenters. The zero-order valence-corrected chi connectivity index (χ0v) is 25.2. The second kappa shape index (κ2) is 26.7. The highest BCUT2D eigenvalue weighted by atomic mass is 31.2. The molecule has 0 aliphatic carbocycles. The summed E-state index contributed by atoms with van der Waals surface area (Å²) in [6, 6.07) is 0. The van der Waals surface area contributed by atoms with Crippen LogP contribution in [0.4, 0.5) is 0 Å². The summed E-state index contributed by atoms with van der Waals surface area (Å²) in [6.07, 6.45) is 23.0. The van der Waals surface area contributed by atoms with E-state index in [4.69, 9.17) is 13.8 Å². The molecular weight excluding hydrogens is 521 g/mol. The monoisotopic (exact) mass is 575 g/mol. The predicted molar refractivity (Wildman–Crippen MR) is 155 cm³/mol. The van der Waals surface area contributed by atoms with E-state index in [0.29, 0.717) is 6.42 Å². The number of hydrogen-bond donors (Lipinski definition) is 3. The molecule has 0 saturated heterocycles. The Bertz CT molecular complexity index is 713. The Kier molecular flexibility index (Phi) is 25.7. The lowest BCUT2D eigenvalue weighted by Gasteiger charge is -2.15. The Balaban J connectivity index is 3.68. The van der Waals surface area contributed by atoms with Crippen LogP contribution in [0.3, 0.4) is 0 Å². The van der Waals surface area contributed by atoms with E-state index >= 15 is 0 Å². The third kappa shape index (κ3) is 27.8. The smallest absolute Gasteiger partial charge is 0.463 e. The van der Waals surface area contributed by atoms with Crippen molar-refractivity contribution < 1.29 is 37.9 Å². The van der Waals surface area contributed by atoms with Gasteiger partial charge < -0.3 is 20.1 Å². The maximum atomic E-state index is 11.9. The first-order chi connectivity index (χ1) is 18.8. The van der Waals surface area contributed by atoms with Crippen LogP contribution in [0.5, 0.6) is 0 Å². The van der Waals surface area contributed by atoms with Gasteiger partial charge in [0, 0.05) is 19.4 Å². The molecule has 0 aromatic carbocycles. The van der Waals surface area contributed by atoms with Gasteiger partial charge in [-0.2, -0.15) is 0 Å². The summed E-state index contributed by atoms with van der Waals surface area (Å²) in [5, 5.41) is 12.5. The van der Waals surface area contributed by atoms with Gasteiger partial charge in [0.2, 0.25) is 5.91 Å². The van der Waals surface area contributed by atoms with E-state index in [1.54, 1.807) is 0 Å². The fourth-order valence-corrected chi connectivity index (χ4v) is 4.35. The lowest BCUT2D eigenvalue weighted by atomic mass is 10.1. The van der Waals surface area contributed by atoms with Gasteiger partial charge in [-0.1, -0.05) is 89.5 Å². The van der Waals surface area contributed by atoms with E-state index in [1.807, 2.05) is 0 Å². The Hall–Kier alpha value is -1.51. The van der Waals surface area contributed by atoms with Gasteiger partial charge in [-0.15, -0.1) is 0 Å². The number of aliphatic hydroxyl groups is 1. The number of amides is 1. The molecule has 39 heavy (non-hydrogen) atoms. The zero-order valence-electron chi connectivity index (χ0n) is 24.3. The molecule has 0 rings (SSSR count). The molecule has 10 heteroatoms. The van der Waals surface area contributed by atoms with Gasteiger partial charge in [0.15, 0.2) is 0 Å². The van der Waals surface area contributed by atoms with Gasteiger partial charge in [0.05, 0.1) is 13.2 Å². The molecule has 0 spiro atoms. The maximum absolute atomic E-state index is 11.9. The molecule has 0 aromatic heterocycles. The predicted octanol–water partition coefficient (Wildman–Crippen LogP) is 6.53. The van der Waals surface area contributed by atoms with E-state index in [0.717, 1.165) is 83.5 Å². The zero-order chi connectivity index (χ0) is 29.0. The van der Waals surface area contributed by atoms with Crippen molar-refractivity contribution in [1.29, 1.82) is 0 Å². The summed E-state index contributed by atoms with van der Waals surface area (Å²) in [4.78, 5) is 33.3. The molecule has 3 N–H and O–H groups in total. The normalized spacial score (nSPS) is 14.1. The van der Waals surface area contributed by atoms with E-state index in [9.17, 15) is 24.2 Å². The van der Waals surface area contributed by atoms with Crippen molar-refractivity contribution in [3.63, 3.8) is 0 Å².